The summed E-state index contributed by atoms with van der Waals surface area (Å²) in [5.74, 6) is 3.22. The summed E-state index contributed by atoms with van der Waals surface area (Å²) in [5.41, 5.74) is 0.234. The average Bonchev–Trinajstić information content (AvgIpc) is 2.26. The molecule has 0 heterocycles. The molecule has 108 valence electrons. The molecule has 0 radical (unpaired) electrons. The molecule has 18 heavy (non-hydrogen) atoms. The second-order valence-corrected chi connectivity index (χ2v) is 7.41. The van der Waals surface area contributed by atoms with Crippen LogP contribution in [0.25, 0.3) is 0 Å². The third-order valence-corrected chi connectivity index (χ3v) is 4.37. The average molecular weight is 255 g/mol. The standard InChI is InChI=1S/C16H33NO/c1-12-7-8-14(10-17-16(3,4)5)15(9-12)13(2)11-18-6/h12-15,17H,7-11H2,1-6H3. The van der Waals surface area contributed by atoms with Gasteiger partial charge in [0.2, 0.25) is 0 Å². The summed E-state index contributed by atoms with van der Waals surface area (Å²) in [5, 5.41) is 3.69. The SMILES string of the molecule is COCC(C)C1CC(C)CCC1CNC(C)(C)C. The molecule has 2 heteroatoms. The fraction of sp³-hybridized carbons (Fsp3) is 1.00. The Hall–Kier alpha value is -0.0800. The van der Waals surface area contributed by atoms with Crippen LogP contribution in [0.15, 0.2) is 0 Å². The highest BCUT2D eigenvalue weighted by Gasteiger charge is 2.32. The highest BCUT2D eigenvalue weighted by Crippen LogP contribution is 2.38. The van der Waals surface area contributed by atoms with E-state index in [4.69, 9.17) is 4.74 Å². The zero-order chi connectivity index (χ0) is 13.8. The van der Waals surface area contributed by atoms with Crippen molar-refractivity contribution in [1.29, 1.82) is 0 Å². The van der Waals surface area contributed by atoms with Gasteiger partial charge in [0.1, 0.15) is 0 Å². The summed E-state index contributed by atoms with van der Waals surface area (Å²) < 4.78 is 5.37. The van der Waals surface area contributed by atoms with Crippen LogP contribution < -0.4 is 5.32 Å². The number of hydrogen-bond donors (Lipinski definition) is 1. The first-order valence-corrected chi connectivity index (χ1v) is 7.57. The lowest BCUT2D eigenvalue weighted by Crippen LogP contribution is -2.43. The molecule has 2 nitrogen and oxygen atoms in total. The maximum atomic E-state index is 5.37. The molecule has 0 spiro atoms. The molecule has 0 aromatic rings. The number of hydrogen-bond acceptors (Lipinski definition) is 2. The number of rotatable bonds is 5. The van der Waals surface area contributed by atoms with E-state index in [1.54, 1.807) is 0 Å². The van der Waals surface area contributed by atoms with Crippen molar-refractivity contribution in [1.82, 2.24) is 5.32 Å². The first kappa shape index (κ1) is 16.0. The maximum Gasteiger partial charge on any atom is 0.0490 e. The van der Waals surface area contributed by atoms with Gasteiger partial charge in [0, 0.05) is 19.3 Å². The number of methoxy groups -OCH3 is 1. The summed E-state index contributed by atoms with van der Waals surface area (Å²) in [6.07, 6.45) is 4.15. The minimum absolute atomic E-state index is 0.234. The van der Waals surface area contributed by atoms with Crippen LogP contribution in [0.3, 0.4) is 0 Å². The van der Waals surface area contributed by atoms with Crippen LogP contribution in [0.5, 0.6) is 0 Å². The second-order valence-electron chi connectivity index (χ2n) is 7.41. The van der Waals surface area contributed by atoms with Crippen LogP contribution in [0.1, 0.15) is 53.9 Å². The molecule has 4 unspecified atom stereocenters. The predicted molar refractivity (Wildman–Crippen MR) is 78.8 cm³/mol. The lowest BCUT2D eigenvalue weighted by Gasteiger charge is -2.39. The zero-order valence-electron chi connectivity index (χ0n) is 13.3. The Labute approximate surface area is 114 Å². The van der Waals surface area contributed by atoms with Crippen molar-refractivity contribution in [3.63, 3.8) is 0 Å². The summed E-state index contributed by atoms with van der Waals surface area (Å²) in [4.78, 5) is 0. The van der Waals surface area contributed by atoms with Gasteiger partial charge in [-0.3, -0.25) is 0 Å². The van der Waals surface area contributed by atoms with E-state index in [0.717, 1.165) is 30.9 Å². The van der Waals surface area contributed by atoms with Crippen LogP contribution in [0.2, 0.25) is 0 Å². The van der Waals surface area contributed by atoms with E-state index in [1.165, 1.54) is 19.3 Å². The van der Waals surface area contributed by atoms with Gasteiger partial charge in [0.25, 0.3) is 0 Å². The Kier molecular flexibility index (Phi) is 6.13. The fourth-order valence-corrected chi connectivity index (χ4v) is 3.26. The van der Waals surface area contributed by atoms with E-state index in [-0.39, 0.29) is 5.54 Å². The van der Waals surface area contributed by atoms with Crippen LogP contribution in [0, 0.1) is 23.7 Å². The topological polar surface area (TPSA) is 21.3 Å². The van der Waals surface area contributed by atoms with Crippen molar-refractivity contribution in [3.05, 3.63) is 0 Å². The van der Waals surface area contributed by atoms with Gasteiger partial charge in [-0.15, -0.1) is 0 Å². The van der Waals surface area contributed by atoms with Crippen molar-refractivity contribution >= 4 is 0 Å². The highest BCUT2D eigenvalue weighted by atomic mass is 16.5. The lowest BCUT2D eigenvalue weighted by atomic mass is 9.69. The Morgan fingerprint density at radius 2 is 1.94 bits per heavy atom. The fourth-order valence-electron chi connectivity index (χ4n) is 3.26. The van der Waals surface area contributed by atoms with Gasteiger partial charge < -0.3 is 10.1 Å². The van der Waals surface area contributed by atoms with E-state index in [9.17, 15) is 0 Å². The Morgan fingerprint density at radius 1 is 1.28 bits per heavy atom. The molecular formula is C16H33NO. The smallest absolute Gasteiger partial charge is 0.0490 e. The molecule has 0 bridgehead atoms. The van der Waals surface area contributed by atoms with Crippen molar-refractivity contribution in [3.8, 4) is 0 Å². The summed E-state index contributed by atoms with van der Waals surface area (Å²) in [7, 11) is 1.82. The third kappa shape index (κ3) is 5.27. The molecule has 1 rings (SSSR count). The molecule has 0 amide bonds. The summed E-state index contributed by atoms with van der Waals surface area (Å²) in [6, 6.07) is 0. The molecule has 0 saturated heterocycles. The van der Waals surface area contributed by atoms with E-state index < -0.39 is 0 Å². The van der Waals surface area contributed by atoms with Crippen LogP contribution in [0.4, 0.5) is 0 Å². The molecule has 1 saturated carbocycles. The highest BCUT2D eigenvalue weighted by molar-refractivity contribution is 4.85. The van der Waals surface area contributed by atoms with Gasteiger partial charge in [-0.05, 0) is 63.8 Å². The van der Waals surface area contributed by atoms with Crippen LogP contribution >= 0.6 is 0 Å². The van der Waals surface area contributed by atoms with E-state index in [2.05, 4.69) is 39.9 Å². The Bertz CT molecular complexity index is 234. The van der Waals surface area contributed by atoms with E-state index >= 15 is 0 Å². The monoisotopic (exact) mass is 255 g/mol. The zero-order valence-corrected chi connectivity index (χ0v) is 13.3. The summed E-state index contributed by atoms with van der Waals surface area (Å²) >= 11 is 0. The van der Waals surface area contributed by atoms with Crippen molar-refractivity contribution in [2.45, 2.75) is 59.4 Å². The Morgan fingerprint density at radius 3 is 2.50 bits per heavy atom. The molecule has 1 N–H and O–H groups in total. The Balaban J connectivity index is 2.56. The minimum atomic E-state index is 0.234. The lowest BCUT2D eigenvalue weighted by molar-refractivity contribution is 0.0664. The predicted octanol–water partition coefficient (Wildman–Crippen LogP) is 3.71. The van der Waals surface area contributed by atoms with Gasteiger partial charge in [-0.25, -0.2) is 0 Å². The molecule has 0 aromatic heterocycles. The molecular weight excluding hydrogens is 222 g/mol. The van der Waals surface area contributed by atoms with Crippen molar-refractivity contribution in [2.24, 2.45) is 23.7 Å². The normalized spacial score (nSPS) is 31.3. The number of nitrogens with one attached hydrogen (secondary N) is 1. The van der Waals surface area contributed by atoms with Gasteiger partial charge in [-0.1, -0.05) is 20.3 Å². The van der Waals surface area contributed by atoms with Gasteiger partial charge in [0.05, 0.1) is 0 Å². The second kappa shape index (κ2) is 6.91. The maximum absolute atomic E-state index is 5.37. The van der Waals surface area contributed by atoms with Crippen LogP contribution in [-0.2, 0) is 4.74 Å². The third-order valence-electron chi connectivity index (χ3n) is 4.37. The molecule has 0 aromatic carbocycles. The quantitative estimate of drug-likeness (QED) is 0.808. The van der Waals surface area contributed by atoms with Crippen LogP contribution in [-0.4, -0.2) is 25.8 Å². The van der Waals surface area contributed by atoms with E-state index in [1.807, 2.05) is 7.11 Å². The van der Waals surface area contributed by atoms with Crippen molar-refractivity contribution in [2.75, 3.05) is 20.3 Å². The molecule has 1 aliphatic rings. The van der Waals surface area contributed by atoms with Gasteiger partial charge in [-0.2, -0.15) is 0 Å². The molecule has 1 fully saturated rings. The number of ether oxygens (including phenoxy) is 1. The van der Waals surface area contributed by atoms with Gasteiger partial charge in [0.15, 0.2) is 0 Å². The summed E-state index contributed by atoms with van der Waals surface area (Å²) in [6.45, 7) is 13.6. The molecule has 4 atom stereocenters. The first-order valence-electron chi connectivity index (χ1n) is 7.57. The molecule has 0 aliphatic heterocycles. The largest absolute Gasteiger partial charge is 0.384 e. The van der Waals surface area contributed by atoms with Gasteiger partial charge >= 0.3 is 0 Å². The first-order chi connectivity index (χ1) is 8.33. The molecule has 1 aliphatic carbocycles. The van der Waals surface area contributed by atoms with E-state index in [0.29, 0.717) is 5.92 Å². The minimum Gasteiger partial charge on any atom is -0.384 e. The van der Waals surface area contributed by atoms with Crippen molar-refractivity contribution < 1.29 is 4.74 Å².